The SMILES string of the molecule is CC(C)(C)CC(C)(C)C(Sc1n[nH]c(=S)s1)C(C)(C)Sc1n[nH]c(=S)s1.CC(Sc1n[nH]c(=S)s1)C(Sc1n[nH]c(=S)s1)C(C)(C)CC(C)(C)C. The topological polar surface area (TPSA) is 115 Å². The van der Waals surface area contributed by atoms with Crippen LogP contribution in [0, 0.1) is 37.5 Å². The zero-order valence-electron chi connectivity index (χ0n) is 31.3. The molecule has 0 fully saturated rings. The molecule has 4 heterocycles. The molecule has 0 radical (unpaired) electrons. The minimum absolute atomic E-state index is 0.0693. The summed E-state index contributed by atoms with van der Waals surface area (Å²) in [6, 6.07) is 0. The van der Waals surface area contributed by atoms with E-state index < -0.39 is 0 Å². The van der Waals surface area contributed by atoms with E-state index in [9.17, 15) is 0 Å². The van der Waals surface area contributed by atoms with Crippen LogP contribution in [-0.4, -0.2) is 61.3 Å². The van der Waals surface area contributed by atoms with Crippen molar-refractivity contribution in [1.82, 2.24) is 40.8 Å². The number of aromatic amines is 4. The highest BCUT2D eigenvalue weighted by Gasteiger charge is 2.45. The first-order chi connectivity index (χ1) is 23.2. The van der Waals surface area contributed by atoms with Gasteiger partial charge in [-0.25, -0.2) is 0 Å². The fraction of sp³-hybridized carbons (Fsp3) is 0.742. The summed E-state index contributed by atoms with van der Waals surface area (Å²) in [5, 5.41) is 30.0. The van der Waals surface area contributed by atoms with Crippen LogP contribution in [-0.2, 0) is 0 Å². The van der Waals surface area contributed by atoms with E-state index >= 15 is 0 Å². The zero-order chi connectivity index (χ0) is 38.6. The van der Waals surface area contributed by atoms with Crippen molar-refractivity contribution in [2.75, 3.05) is 0 Å². The van der Waals surface area contributed by atoms with Crippen molar-refractivity contribution >= 4 is 141 Å². The van der Waals surface area contributed by atoms with Gasteiger partial charge in [-0.15, -0.1) is 0 Å². The molecule has 20 heteroatoms. The number of hydrogen-bond acceptors (Lipinski definition) is 16. The van der Waals surface area contributed by atoms with E-state index in [2.05, 4.69) is 131 Å². The maximum Gasteiger partial charge on any atom is 0.177 e. The van der Waals surface area contributed by atoms with Gasteiger partial charge in [0.05, 0.1) is 0 Å². The highest BCUT2D eigenvalue weighted by Crippen LogP contribution is 2.53. The van der Waals surface area contributed by atoms with Crippen molar-refractivity contribution in [3.8, 4) is 0 Å². The number of nitrogens with zero attached hydrogens (tertiary/aromatic N) is 4. The fourth-order valence-corrected chi connectivity index (χ4v) is 17.8. The predicted molar refractivity (Wildman–Crippen MR) is 239 cm³/mol. The number of thioether (sulfide) groups is 4. The summed E-state index contributed by atoms with van der Waals surface area (Å²) in [5.41, 5.74) is 0.711. The molecule has 8 nitrogen and oxygen atoms in total. The normalized spacial score (nSPS) is 14.9. The van der Waals surface area contributed by atoms with Crippen molar-refractivity contribution in [3.05, 3.63) is 15.8 Å². The molecule has 0 amide bonds. The zero-order valence-corrected chi connectivity index (χ0v) is 41.1. The summed E-state index contributed by atoms with van der Waals surface area (Å²) < 4.78 is 6.77. The third-order valence-electron chi connectivity index (χ3n) is 7.27. The molecule has 0 aliphatic carbocycles. The lowest BCUT2D eigenvalue weighted by Crippen LogP contribution is -2.43. The van der Waals surface area contributed by atoms with Gasteiger partial charge in [-0.2, -0.15) is 20.4 Å². The second kappa shape index (κ2) is 18.6. The van der Waals surface area contributed by atoms with Crippen molar-refractivity contribution < 1.29 is 0 Å². The Bertz CT molecular complexity index is 1900. The van der Waals surface area contributed by atoms with Crippen LogP contribution in [0.5, 0.6) is 0 Å². The summed E-state index contributed by atoms with van der Waals surface area (Å²) in [6.07, 6.45) is 2.22. The fourth-order valence-electron chi connectivity index (χ4n) is 6.83. The van der Waals surface area contributed by atoms with Gasteiger partial charge in [0.25, 0.3) is 0 Å². The average Bonchev–Trinajstić information content (AvgIpc) is 3.73. The van der Waals surface area contributed by atoms with Crippen molar-refractivity contribution in [1.29, 1.82) is 0 Å². The third-order valence-corrected chi connectivity index (χ3v) is 18.6. The molecule has 3 atom stereocenters. The van der Waals surface area contributed by atoms with Crippen LogP contribution >= 0.6 is 141 Å². The average molecular weight is 920 g/mol. The molecule has 0 aliphatic heterocycles. The Morgan fingerprint density at radius 1 is 0.529 bits per heavy atom. The monoisotopic (exact) mass is 918 g/mol. The van der Waals surface area contributed by atoms with Gasteiger partial charge in [0.1, 0.15) is 0 Å². The maximum atomic E-state index is 5.23. The van der Waals surface area contributed by atoms with Crippen LogP contribution in [0.1, 0.15) is 103 Å². The molecule has 4 aromatic heterocycles. The van der Waals surface area contributed by atoms with E-state index in [-0.39, 0.29) is 26.4 Å². The molecule has 0 aromatic carbocycles. The second-order valence-corrected chi connectivity index (χ2v) is 29.5. The van der Waals surface area contributed by atoms with Crippen molar-refractivity contribution in [2.45, 2.75) is 141 Å². The standard InChI is InChI=1S/C16H26N4S6.C15H24N4S6/c1-14(2,3)8-15(4,5)9(23-12-19-17-10(21)24-12)16(6,7)26-13-20-18-11(22)25-13;1-8(22-12-18-16-10(20)24-12)9(15(5,6)7-14(2,3)4)23-13-19-17-11(21)25-13/h9H,8H2,1-7H3,(H,17,21)(H,18,22);8-9H,7H2,1-6H3,(H,16,20)(H,17,21). The first kappa shape index (κ1) is 45.9. The predicted octanol–water partition coefficient (Wildman–Crippen LogP) is 14.0. The van der Waals surface area contributed by atoms with Gasteiger partial charge >= 0.3 is 0 Å². The molecule has 0 saturated heterocycles. The molecule has 51 heavy (non-hydrogen) atoms. The van der Waals surface area contributed by atoms with Gasteiger partial charge in [0.2, 0.25) is 0 Å². The lowest BCUT2D eigenvalue weighted by atomic mass is 9.71. The highest BCUT2D eigenvalue weighted by atomic mass is 32.2. The molecule has 0 saturated carbocycles. The Hall–Kier alpha value is 0.520. The van der Waals surface area contributed by atoms with Gasteiger partial charge in [-0.3, -0.25) is 20.4 Å². The van der Waals surface area contributed by atoms with Crippen LogP contribution in [0.3, 0.4) is 0 Å². The molecule has 3 unspecified atom stereocenters. The van der Waals surface area contributed by atoms with Crippen LogP contribution < -0.4 is 0 Å². The minimum atomic E-state index is -0.0693. The Morgan fingerprint density at radius 2 is 0.882 bits per heavy atom. The van der Waals surface area contributed by atoms with E-state index in [1.54, 1.807) is 46.2 Å². The smallest absolute Gasteiger partial charge is 0.177 e. The molecular formula is C31H50N8S12. The van der Waals surface area contributed by atoms with Crippen molar-refractivity contribution in [3.63, 3.8) is 0 Å². The molecule has 4 rings (SSSR count). The van der Waals surface area contributed by atoms with Gasteiger partial charge in [0, 0.05) is 20.5 Å². The van der Waals surface area contributed by atoms with Gasteiger partial charge < -0.3 is 0 Å². The van der Waals surface area contributed by atoms with E-state index in [4.69, 9.17) is 48.9 Å². The molecule has 0 spiro atoms. The Morgan fingerprint density at radius 3 is 1.25 bits per heavy atom. The first-order valence-corrected chi connectivity index (χ1v) is 24.5. The molecule has 4 N–H and O–H groups in total. The summed E-state index contributed by atoms with van der Waals surface area (Å²) in [7, 11) is 0. The van der Waals surface area contributed by atoms with E-state index in [0.29, 0.717) is 19.7 Å². The number of H-pyrrole nitrogens is 4. The largest absolute Gasteiger partial charge is 0.257 e. The number of nitrogens with one attached hydrogen (secondary N) is 4. The molecule has 286 valence electrons. The Kier molecular flexibility index (Phi) is 16.8. The number of rotatable bonds is 14. The molecule has 0 aliphatic rings. The Balaban J connectivity index is 0.000000276. The summed E-state index contributed by atoms with van der Waals surface area (Å²) in [6.45, 7) is 30.1. The van der Waals surface area contributed by atoms with Gasteiger partial charge in [-0.1, -0.05) is 169 Å². The number of hydrogen-bond donors (Lipinski definition) is 4. The maximum absolute atomic E-state index is 5.23. The van der Waals surface area contributed by atoms with E-state index in [0.717, 1.165) is 42.1 Å². The van der Waals surface area contributed by atoms with Crippen molar-refractivity contribution in [2.24, 2.45) is 21.7 Å². The summed E-state index contributed by atoms with van der Waals surface area (Å²) in [5.74, 6) is 0. The molecule has 4 aromatic rings. The third kappa shape index (κ3) is 15.5. The van der Waals surface area contributed by atoms with Crippen LogP contribution in [0.15, 0.2) is 17.4 Å². The first-order valence-electron chi connectivity index (χ1n) is 16.2. The van der Waals surface area contributed by atoms with E-state index in [1.807, 2.05) is 23.5 Å². The van der Waals surface area contributed by atoms with E-state index in [1.165, 1.54) is 22.7 Å². The summed E-state index contributed by atoms with van der Waals surface area (Å²) in [4.78, 5) is 0. The molecule has 0 bridgehead atoms. The summed E-state index contributed by atoms with van der Waals surface area (Å²) >= 11 is 34.1. The van der Waals surface area contributed by atoms with Gasteiger partial charge in [-0.05, 0) is 97.2 Å². The number of aromatic nitrogens is 8. The van der Waals surface area contributed by atoms with Crippen LogP contribution in [0.4, 0.5) is 0 Å². The Labute approximate surface area is 356 Å². The van der Waals surface area contributed by atoms with Crippen LogP contribution in [0.2, 0.25) is 0 Å². The molecular weight excluding hydrogens is 869 g/mol. The van der Waals surface area contributed by atoms with Gasteiger partial charge in [0.15, 0.2) is 33.2 Å². The quantitative estimate of drug-likeness (QED) is 0.0713. The minimum Gasteiger partial charge on any atom is -0.257 e. The second-order valence-electron chi connectivity index (χ2n) is 16.5. The van der Waals surface area contributed by atoms with Crippen LogP contribution in [0.25, 0.3) is 0 Å². The lowest BCUT2D eigenvalue weighted by molar-refractivity contribution is 0.194. The lowest BCUT2D eigenvalue weighted by Gasteiger charge is -2.45. The highest BCUT2D eigenvalue weighted by molar-refractivity contribution is 8.06.